The molecule has 3 heteroatoms. The van der Waals surface area contributed by atoms with Crippen LogP contribution in [0.5, 0.6) is 0 Å². The molecule has 1 heterocycles. The molecule has 1 unspecified atom stereocenters. The van der Waals surface area contributed by atoms with Crippen molar-refractivity contribution in [3.05, 3.63) is 0 Å². The third-order valence-corrected chi connectivity index (χ3v) is 2.63. The third kappa shape index (κ3) is 2.20. The van der Waals surface area contributed by atoms with Gasteiger partial charge >= 0.3 is 0 Å². The highest BCUT2D eigenvalue weighted by atomic mass is 15.6. The van der Waals surface area contributed by atoms with Crippen molar-refractivity contribution >= 4 is 6.34 Å². The van der Waals surface area contributed by atoms with Gasteiger partial charge in [-0.15, -0.1) is 0 Å². The normalized spacial score (nSPS) is 22.2. The SMILES string of the molecule is CCCC1N(CC)N=CN1C(C)(C)C. The molecule has 0 aromatic heterocycles. The van der Waals surface area contributed by atoms with Crippen molar-refractivity contribution < 1.29 is 0 Å². The lowest BCUT2D eigenvalue weighted by Crippen LogP contribution is -2.49. The highest BCUT2D eigenvalue weighted by molar-refractivity contribution is 5.58. The van der Waals surface area contributed by atoms with Crippen LogP contribution in [-0.2, 0) is 0 Å². The minimum absolute atomic E-state index is 0.174. The Labute approximate surface area is 87.8 Å². The van der Waals surface area contributed by atoms with E-state index in [0.717, 1.165) is 6.54 Å². The van der Waals surface area contributed by atoms with Crippen molar-refractivity contribution in [2.75, 3.05) is 6.54 Å². The van der Waals surface area contributed by atoms with Gasteiger partial charge in [-0.1, -0.05) is 13.3 Å². The van der Waals surface area contributed by atoms with Gasteiger partial charge in [0, 0.05) is 12.1 Å². The smallest absolute Gasteiger partial charge is 0.119 e. The lowest BCUT2D eigenvalue weighted by Gasteiger charge is -2.38. The molecule has 82 valence electrons. The standard InChI is InChI=1S/C11H23N3/c1-6-8-10-13(11(3,4)5)9-12-14(10)7-2/h9-10H,6-8H2,1-5H3. The van der Waals surface area contributed by atoms with Gasteiger partial charge in [-0.25, -0.2) is 0 Å². The first kappa shape index (κ1) is 11.3. The fourth-order valence-corrected chi connectivity index (χ4v) is 1.88. The van der Waals surface area contributed by atoms with Crippen LogP contribution in [0.25, 0.3) is 0 Å². The lowest BCUT2D eigenvalue weighted by molar-refractivity contribution is 0.0724. The molecule has 0 spiro atoms. The van der Waals surface area contributed by atoms with Gasteiger partial charge in [-0.2, -0.15) is 5.10 Å². The minimum Gasteiger partial charge on any atom is -0.335 e. The minimum atomic E-state index is 0.174. The number of hydrogen-bond donors (Lipinski definition) is 0. The molecule has 1 aliphatic heterocycles. The zero-order valence-corrected chi connectivity index (χ0v) is 10.1. The Morgan fingerprint density at radius 2 is 1.93 bits per heavy atom. The zero-order valence-electron chi connectivity index (χ0n) is 10.1. The number of hydrogen-bond acceptors (Lipinski definition) is 3. The summed E-state index contributed by atoms with van der Waals surface area (Å²) in [5, 5.41) is 6.61. The third-order valence-electron chi connectivity index (χ3n) is 2.63. The second kappa shape index (κ2) is 4.20. The first-order valence-electron chi connectivity index (χ1n) is 5.60. The van der Waals surface area contributed by atoms with Gasteiger partial charge in [0.2, 0.25) is 0 Å². The van der Waals surface area contributed by atoms with E-state index in [-0.39, 0.29) is 5.54 Å². The van der Waals surface area contributed by atoms with E-state index in [9.17, 15) is 0 Å². The van der Waals surface area contributed by atoms with Crippen LogP contribution in [0.4, 0.5) is 0 Å². The van der Waals surface area contributed by atoms with Crippen molar-refractivity contribution in [1.82, 2.24) is 9.91 Å². The fourth-order valence-electron chi connectivity index (χ4n) is 1.88. The second-order valence-electron chi connectivity index (χ2n) is 4.83. The maximum absolute atomic E-state index is 4.44. The summed E-state index contributed by atoms with van der Waals surface area (Å²) in [6.45, 7) is 12.1. The summed E-state index contributed by atoms with van der Waals surface area (Å²) in [7, 11) is 0. The number of rotatable bonds is 3. The summed E-state index contributed by atoms with van der Waals surface area (Å²) in [4.78, 5) is 2.36. The summed E-state index contributed by atoms with van der Waals surface area (Å²) in [5.74, 6) is 0. The zero-order chi connectivity index (χ0) is 10.8. The largest absolute Gasteiger partial charge is 0.335 e. The molecule has 0 N–H and O–H groups in total. The fraction of sp³-hybridized carbons (Fsp3) is 0.909. The van der Waals surface area contributed by atoms with Crippen LogP contribution in [0.3, 0.4) is 0 Å². The first-order chi connectivity index (χ1) is 6.50. The van der Waals surface area contributed by atoms with Gasteiger partial charge in [0.25, 0.3) is 0 Å². The topological polar surface area (TPSA) is 18.8 Å². The average molecular weight is 197 g/mol. The van der Waals surface area contributed by atoms with E-state index in [1.807, 2.05) is 6.34 Å². The lowest BCUT2D eigenvalue weighted by atomic mass is 10.0. The van der Waals surface area contributed by atoms with Gasteiger partial charge in [-0.05, 0) is 34.1 Å². The van der Waals surface area contributed by atoms with Crippen LogP contribution >= 0.6 is 0 Å². The molecule has 14 heavy (non-hydrogen) atoms. The van der Waals surface area contributed by atoms with Crippen LogP contribution in [0, 0.1) is 0 Å². The quantitative estimate of drug-likeness (QED) is 0.692. The maximum Gasteiger partial charge on any atom is 0.119 e. The van der Waals surface area contributed by atoms with Crippen molar-refractivity contribution in [2.45, 2.75) is 59.2 Å². The highest BCUT2D eigenvalue weighted by Crippen LogP contribution is 2.24. The van der Waals surface area contributed by atoms with E-state index in [1.54, 1.807) is 0 Å². The summed E-state index contributed by atoms with van der Waals surface area (Å²) >= 11 is 0. The van der Waals surface area contributed by atoms with E-state index in [2.05, 4.69) is 49.6 Å². The Morgan fingerprint density at radius 1 is 1.29 bits per heavy atom. The van der Waals surface area contributed by atoms with Crippen molar-refractivity contribution in [3.63, 3.8) is 0 Å². The van der Waals surface area contributed by atoms with Crippen molar-refractivity contribution in [3.8, 4) is 0 Å². The molecule has 0 aromatic rings. The molecule has 0 saturated heterocycles. The predicted molar refractivity (Wildman–Crippen MR) is 61.2 cm³/mol. The van der Waals surface area contributed by atoms with Gasteiger partial charge in [0.1, 0.15) is 12.5 Å². The first-order valence-corrected chi connectivity index (χ1v) is 5.60. The van der Waals surface area contributed by atoms with E-state index in [1.165, 1.54) is 12.8 Å². The van der Waals surface area contributed by atoms with Crippen LogP contribution in [0.2, 0.25) is 0 Å². The average Bonchev–Trinajstić information content (AvgIpc) is 2.47. The Morgan fingerprint density at radius 3 is 2.36 bits per heavy atom. The molecule has 0 fully saturated rings. The Bertz CT molecular complexity index is 205. The molecule has 0 aromatic carbocycles. The van der Waals surface area contributed by atoms with Crippen LogP contribution in [0.1, 0.15) is 47.5 Å². The molecule has 1 aliphatic rings. The molecule has 1 rings (SSSR count). The van der Waals surface area contributed by atoms with Crippen molar-refractivity contribution in [2.24, 2.45) is 5.10 Å². The van der Waals surface area contributed by atoms with E-state index in [4.69, 9.17) is 0 Å². The molecular weight excluding hydrogens is 174 g/mol. The number of hydrazone groups is 1. The van der Waals surface area contributed by atoms with E-state index in [0.29, 0.717) is 6.17 Å². The van der Waals surface area contributed by atoms with E-state index < -0.39 is 0 Å². The summed E-state index contributed by atoms with van der Waals surface area (Å²) < 4.78 is 0. The maximum atomic E-state index is 4.44. The molecule has 3 nitrogen and oxygen atoms in total. The van der Waals surface area contributed by atoms with Crippen LogP contribution < -0.4 is 0 Å². The van der Waals surface area contributed by atoms with Gasteiger partial charge in [0.05, 0.1) is 0 Å². The monoisotopic (exact) mass is 197 g/mol. The van der Waals surface area contributed by atoms with Crippen LogP contribution in [0.15, 0.2) is 5.10 Å². The number of nitrogens with zero attached hydrogens (tertiary/aromatic N) is 3. The van der Waals surface area contributed by atoms with Gasteiger partial charge in [0.15, 0.2) is 0 Å². The Kier molecular flexibility index (Phi) is 3.40. The molecule has 0 radical (unpaired) electrons. The molecule has 1 atom stereocenters. The Balaban J connectivity index is 2.72. The molecular formula is C11H23N3. The van der Waals surface area contributed by atoms with Crippen molar-refractivity contribution in [1.29, 1.82) is 0 Å². The molecule has 0 bridgehead atoms. The molecule has 0 amide bonds. The summed E-state index contributed by atoms with van der Waals surface area (Å²) in [6.07, 6.45) is 4.84. The Hall–Kier alpha value is -0.730. The van der Waals surface area contributed by atoms with Gasteiger partial charge < -0.3 is 4.90 Å². The summed E-state index contributed by atoms with van der Waals surface area (Å²) in [6, 6.07) is 0. The highest BCUT2D eigenvalue weighted by Gasteiger charge is 2.33. The second-order valence-corrected chi connectivity index (χ2v) is 4.83. The van der Waals surface area contributed by atoms with Crippen LogP contribution in [-0.4, -0.2) is 34.5 Å². The molecule has 0 aliphatic carbocycles. The molecule has 0 saturated carbocycles. The predicted octanol–water partition coefficient (Wildman–Crippen LogP) is 2.49. The van der Waals surface area contributed by atoms with Gasteiger partial charge in [-0.3, -0.25) is 5.01 Å². The summed E-state index contributed by atoms with van der Waals surface area (Å²) in [5.41, 5.74) is 0.174. The van der Waals surface area contributed by atoms with E-state index >= 15 is 0 Å².